The first-order chi connectivity index (χ1) is 14.3. The summed E-state index contributed by atoms with van der Waals surface area (Å²) in [5.74, 6) is -0.338. The largest absolute Gasteiger partial charge is 0.465 e. The molecule has 5 heteroatoms. The van der Waals surface area contributed by atoms with Crippen molar-refractivity contribution in [2.24, 2.45) is 0 Å². The van der Waals surface area contributed by atoms with Crippen molar-refractivity contribution in [3.8, 4) is 0 Å². The van der Waals surface area contributed by atoms with Crippen LogP contribution in [0.15, 0.2) is 35.1 Å². The van der Waals surface area contributed by atoms with Crippen LogP contribution >= 0.6 is 0 Å². The zero-order chi connectivity index (χ0) is 22.3. The number of rotatable bonds is 10. The Hall–Kier alpha value is -2.40. The topological polar surface area (TPSA) is 51.5 Å². The monoisotopic (exact) mass is 412 g/mol. The van der Waals surface area contributed by atoms with E-state index in [1.54, 1.807) is 12.1 Å². The quantitative estimate of drug-likeness (QED) is 0.539. The third-order valence-corrected chi connectivity index (χ3v) is 5.92. The van der Waals surface area contributed by atoms with E-state index < -0.39 is 0 Å². The molecule has 0 aliphatic carbocycles. The van der Waals surface area contributed by atoms with Crippen LogP contribution in [0, 0.1) is 13.8 Å². The first-order valence-electron chi connectivity index (χ1n) is 10.9. The summed E-state index contributed by atoms with van der Waals surface area (Å²) in [6, 6.07) is 9.88. The van der Waals surface area contributed by atoms with Crippen LogP contribution in [0.2, 0.25) is 0 Å². The van der Waals surface area contributed by atoms with Crippen LogP contribution in [-0.4, -0.2) is 35.6 Å². The summed E-state index contributed by atoms with van der Waals surface area (Å²) in [6.07, 6.45) is 4.30. The van der Waals surface area contributed by atoms with Gasteiger partial charge in [0.2, 0.25) is 0 Å². The number of carbonyl (C=O) groups excluding carboxylic acids is 1. The van der Waals surface area contributed by atoms with Crippen LogP contribution in [0.25, 0.3) is 0 Å². The standard InChI is InChI=1S/C25H36N2O3/c1-7-8-9-20(4)26(5)17-23-18(2)16-19(3)24(28)27(23)15-14-21-10-12-22(13-11-21)25(29)30-6/h10-13,16,20H,7-9,14-15,17H2,1-6H3/t20-/m1/s1. The number of aryl methyl sites for hydroxylation is 3. The molecule has 30 heavy (non-hydrogen) atoms. The predicted molar refractivity (Wildman–Crippen MR) is 122 cm³/mol. The van der Waals surface area contributed by atoms with E-state index in [4.69, 9.17) is 4.74 Å². The number of methoxy groups -OCH3 is 1. The van der Waals surface area contributed by atoms with Crippen LogP contribution in [0.5, 0.6) is 0 Å². The van der Waals surface area contributed by atoms with Gasteiger partial charge in [-0.1, -0.05) is 31.9 Å². The molecule has 1 heterocycles. The molecule has 0 radical (unpaired) electrons. The third-order valence-electron chi connectivity index (χ3n) is 5.92. The lowest BCUT2D eigenvalue weighted by Gasteiger charge is -2.27. The summed E-state index contributed by atoms with van der Waals surface area (Å²) < 4.78 is 6.69. The van der Waals surface area contributed by atoms with Gasteiger partial charge in [-0.2, -0.15) is 0 Å². The number of pyridine rings is 1. The van der Waals surface area contributed by atoms with Gasteiger partial charge in [-0.25, -0.2) is 4.79 Å². The van der Waals surface area contributed by atoms with Crippen molar-refractivity contribution in [3.05, 3.63) is 68.6 Å². The van der Waals surface area contributed by atoms with E-state index in [1.807, 2.05) is 29.7 Å². The highest BCUT2D eigenvalue weighted by molar-refractivity contribution is 5.89. The van der Waals surface area contributed by atoms with Gasteiger partial charge in [-0.05, 0) is 70.0 Å². The molecule has 164 valence electrons. The number of carbonyl (C=O) groups is 1. The zero-order valence-electron chi connectivity index (χ0n) is 19.3. The minimum Gasteiger partial charge on any atom is -0.465 e. The van der Waals surface area contributed by atoms with Crippen molar-refractivity contribution in [1.29, 1.82) is 0 Å². The fourth-order valence-corrected chi connectivity index (χ4v) is 3.74. The summed E-state index contributed by atoms with van der Waals surface area (Å²) in [4.78, 5) is 26.9. The minimum absolute atomic E-state index is 0.0800. The van der Waals surface area contributed by atoms with Crippen molar-refractivity contribution in [2.75, 3.05) is 14.2 Å². The average Bonchev–Trinajstić information content (AvgIpc) is 2.75. The molecule has 0 saturated carbocycles. The molecule has 0 aliphatic rings. The van der Waals surface area contributed by atoms with E-state index in [0.717, 1.165) is 41.8 Å². The SMILES string of the molecule is CCCC[C@@H](C)N(C)Cc1c(C)cc(C)c(=O)n1CCc1ccc(C(=O)OC)cc1. The molecule has 2 aromatic rings. The maximum absolute atomic E-state index is 13.0. The Morgan fingerprint density at radius 1 is 1.17 bits per heavy atom. The molecule has 1 aromatic heterocycles. The van der Waals surface area contributed by atoms with Crippen LogP contribution in [0.4, 0.5) is 0 Å². The molecule has 0 spiro atoms. The van der Waals surface area contributed by atoms with Crippen LogP contribution < -0.4 is 5.56 Å². The second kappa shape index (κ2) is 11.1. The molecule has 2 rings (SSSR count). The summed E-state index contributed by atoms with van der Waals surface area (Å²) in [6.45, 7) is 9.82. The van der Waals surface area contributed by atoms with Gasteiger partial charge in [0.15, 0.2) is 0 Å². The summed E-state index contributed by atoms with van der Waals surface area (Å²) in [7, 11) is 3.52. The van der Waals surface area contributed by atoms with Gasteiger partial charge in [0, 0.05) is 30.4 Å². The summed E-state index contributed by atoms with van der Waals surface area (Å²) >= 11 is 0. The Morgan fingerprint density at radius 2 is 1.83 bits per heavy atom. The first kappa shape index (κ1) is 23.9. The van der Waals surface area contributed by atoms with Crippen LogP contribution in [0.1, 0.15) is 65.9 Å². The Kier molecular flexibility index (Phi) is 8.85. The normalized spacial score (nSPS) is 12.2. The van der Waals surface area contributed by atoms with Crippen molar-refractivity contribution in [2.45, 2.75) is 72.5 Å². The molecule has 0 amide bonds. The maximum Gasteiger partial charge on any atom is 0.337 e. The number of nitrogens with zero attached hydrogens (tertiary/aromatic N) is 2. The van der Waals surface area contributed by atoms with E-state index in [2.05, 4.69) is 32.7 Å². The van der Waals surface area contributed by atoms with Gasteiger partial charge >= 0.3 is 5.97 Å². The predicted octanol–water partition coefficient (Wildman–Crippen LogP) is 4.50. The number of benzene rings is 1. The lowest BCUT2D eigenvalue weighted by molar-refractivity contribution is 0.0600. The Morgan fingerprint density at radius 3 is 2.43 bits per heavy atom. The molecular weight excluding hydrogens is 376 g/mol. The number of unbranched alkanes of at least 4 members (excludes halogenated alkanes) is 1. The average molecular weight is 413 g/mol. The van der Waals surface area contributed by atoms with Crippen molar-refractivity contribution < 1.29 is 9.53 Å². The van der Waals surface area contributed by atoms with Gasteiger partial charge in [-0.3, -0.25) is 9.69 Å². The number of hydrogen-bond acceptors (Lipinski definition) is 4. The fraction of sp³-hybridized carbons (Fsp3) is 0.520. The third kappa shape index (κ3) is 6.05. The molecule has 0 bridgehead atoms. The number of hydrogen-bond donors (Lipinski definition) is 0. The van der Waals surface area contributed by atoms with Crippen molar-refractivity contribution in [3.63, 3.8) is 0 Å². The van der Waals surface area contributed by atoms with E-state index in [0.29, 0.717) is 18.2 Å². The van der Waals surface area contributed by atoms with Crippen molar-refractivity contribution in [1.82, 2.24) is 9.47 Å². The Bertz CT molecular complexity index is 900. The second-order valence-electron chi connectivity index (χ2n) is 8.26. The van der Waals surface area contributed by atoms with Gasteiger partial charge in [0.25, 0.3) is 5.56 Å². The van der Waals surface area contributed by atoms with Crippen molar-refractivity contribution >= 4 is 5.97 Å². The van der Waals surface area contributed by atoms with E-state index >= 15 is 0 Å². The Balaban J connectivity index is 2.22. The molecule has 1 atom stereocenters. The van der Waals surface area contributed by atoms with Crippen LogP contribution in [0.3, 0.4) is 0 Å². The Labute approximate surface area is 180 Å². The molecule has 5 nitrogen and oxygen atoms in total. The highest BCUT2D eigenvalue weighted by Crippen LogP contribution is 2.16. The van der Waals surface area contributed by atoms with E-state index in [-0.39, 0.29) is 11.5 Å². The van der Waals surface area contributed by atoms with E-state index in [9.17, 15) is 9.59 Å². The van der Waals surface area contributed by atoms with Crippen LogP contribution in [-0.2, 0) is 24.2 Å². The molecule has 0 saturated heterocycles. The molecule has 0 unspecified atom stereocenters. The van der Waals surface area contributed by atoms with Gasteiger partial charge in [0.1, 0.15) is 0 Å². The molecule has 0 fully saturated rings. The first-order valence-corrected chi connectivity index (χ1v) is 10.9. The molecular formula is C25H36N2O3. The molecule has 1 aromatic carbocycles. The molecule has 0 N–H and O–H groups in total. The smallest absolute Gasteiger partial charge is 0.337 e. The summed E-state index contributed by atoms with van der Waals surface area (Å²) in [5, 5.41) is 0. The number of aromatic nitrogens is 1. The highest BCUT2D eigenvalue weighted by Gasteiger charge is 2.16. The number of esters is 1. The maximum atomic E-state index is 13.0. The van der Waals surface area contributed by atoms with Gasteiger partial charge < -0.3 is 9.30 Å². The minimum atomic E-state index is -0.338. The number of ether oxygens (including phenoxy) is 1. The van der Waals surface area contributed by atoms with Gasteiger partial charge in [-0.15, -0.1) is 0 Å². The summed E-state index contributed by atoms with van der Waals surface area (Å²) in [5.41, 5.74) is 4.72. The highest BCUT2D eigenvalue weighted by atomic mass is 16.5. The lowest BCUT2D eigenvalue weighted by Crippen LogP contribution is -2.34. The van der Waals surface area contributed by atoms with Gasteiger partial charge in [0.05, 0.1) is 12.7 Å². The zero-order valence-corrected chi connectivity index (χ0v) is 19.3. The molecule has 0 aliphatic heterocycles. The fourth-order valence-electron chi connectivity index (χ4n) is 3.74. The van der Waals surface area contributed by atoms with E-state index in [1.165, 1.54) is 20.0 Å². The lowest BCUT2D eigenvalue weighted by atomic mass is 10.1. The second-order valence-corrected chi connectivity index (χ2v) is 8.26.